The number of carbonyl (C=O) groups is 2. The van der Waals surface area contributed by atoms with E-state index in [2.05, 4.69) is 10.6 Å². The predicted octanol–water partition coefficient (Wildman–Crippen LogP) is 2.05. The molecule has 0 aliphatic carbocycles. The van der Waals surface area contributed by atoms with Crippen LogP contribution < -0.4 is 20.1 Å². The van der Waals surface area contributed by atoms with Crippen molar-refractivity contribution in [2.45, 2.75) is 38.3 Å². The van der Waals surface area contributed by atoms with Crippen LogP contribution in [0.2, 0.25) is 0 Å². The molecule has 1 aromatic carbocycles. The molecule has 2 atom stereocenters. The van der Waals surface area contributed by atoms with Gasteiger partial charge in [-0.25, -0.2) is 0 Å². The topological polar surface area (TPSA) is 79.9 Å². The van der Waals surface area contributed by atoms with Gasteiger partial charge in [-0.1, -0.05) is 0 Å². The number of methoxy groups -OCH3 is 2. The molecule has 144 valence electrons. The van der Waals surface area contributed by atoms with Gasteiger partial charge in [-0.05, 0) is 37.9 Å². The molecule has 3 rings (SSSR count). The van der Waals surface area contributed by atoms with Crippen molar-refractivity contribution in [3.05, 3.63) is 17.7 Å². The van der Waals surface area contributed by atoms with Crippen LogP contribution in [0.3, 0.4) is 0 Å². The van der Waals surface area contributed by atoms with Crippen LogP contribution in [0.15, 0.2) is 12.1 Å². The second-order valence-electron chi connectivity index (χ2n) is 6.53. The Bertz CT molecular complexity index is 669. The van der Waals surface area contributed by atoms with Crippen molar-refractivity contribution >= 4 is 29.9 Å². The molecule has 2 fully saturated rings. The summed E-state index contributed by atoms with van der Waals surface area (Å²) in [6.07, 6.45) is 3.03. The predicted molar refractivity (Wildman–Crippen MR) is 102 cm³/mol. The molecule has 2 amide bonds. The summed E-state index contributed by atoms with van der Waals surface area (Å²) in [6.45, 7) is 3.18. The van der Waals surface area contributed by atoms with Gasteiger partial charge in [-0.3, -0.25) is 9.59 Å². The highest BCUT2D eigenvalue weighted by molar-refractivity contribution is 5.99. The Morgan fingerprint density at radius 1 is 1.15 bits per heavy atom. The van der Waals surface area contributed by atoms with Gasteiger partial charge in [0.25, 0.3) is 5.91 Å². The van der Waals surface area contributed by atoms with Gasteiger partial charge >= 0.3 is 0 Å². The Balaban J connectivity index is 0.00000243. The smallest absolute Gasteiger partial charge is 0.254 e. The molecule has 0 radical (unpaired) electrons. The standard InChI is InChI=1S/C18H25N3O4.ClH/c1-11(22)20-15-8-12(9-16(24-2)17(15)25-3)18(23)21-13-4-5-14(21)10-19-7-6-13;/h8-9,13-14,19H,4-7,10H2,1-3H3,(H,20,22);1H. The Morgan fingerprint density at radius 3 is 2.54 bits per heavy atom. The van der Waals surface area contributed by atoms with Crippen molar-refractivity contribution in [2.75, 3.05) is 32.6 Å². The molecule has 2 bridgehead atoms. The Kier molecular flexibility index (Phi) is 6.72. The van der Waals surface area contributed by atoms with Crippen LogP contribution in [0, 0.1) is 0 Å². The van der Waals surface area contributed by atoms with Gasteiger partial charge in [0.05, 0.1) is 19.9 Å². The number of hydrogen-bond acceptors (Lipinski definition) is 5. The van der Waals surface area contributed by atoms with Gasteiger partial charge in [-0.15, -0.1) is 12.4 Å². The molecule has 2 N–H and O–H groups in total. The molecule has 2 aliphatic rings. The molecule has 8 heteroatoms. The van der Waals surface area contributed by atoms with Gasteiger partial charge in [0.1, 0.15) is 0 Å². The van der Waals surface area contributed by atoms with Crippen LogP contribution in [0.25, 0.3) is 0 Å². The maximum Gasteiger partial charge on any atom is 0.254 e. The summed E-state index contributed by atoms with van der Waals surface area (Å²) < 4.78 is 10.7. The lowest BCUT2D eigenvalue weighted by molar-refractivity contribution is -0.114. The molecule has 2 heterocycles. The SMILES string of the molecule is COc1cc(C(=O)N2C3CCNCC2CC3)cc(NC(C)=O)c1OC.Cl. The highest BCUT2D eigenvalue weighted by Crippen LogP contribution is 2.38. The van der Waals surface area contributed by atoms with E-state index in [1.807, 2.05) is 4.90 Å². The quantitative estimate of drug-likeness (QED) is 0.831. The highest BCUT2D eigenvalue weighted by Gasteiger charge is 2.38. The minimum atomic E-state index is -0.232. The third kappa shape index (κ3) is 3.88. The maximum atomic E-state index is 13.2. The normalized spacial score (nSPS) is 21.4. The molecule has 2 saturated heterocycles. The molecular formula is C18H26ClN3O4. The van der Waals surface area contributed by atoms with Crippen LogP contribution in [-0.2, 0) is 4.79 Å². The second kappa shape index (κ2) is 8.60. The van der Waals surface area contributed by atoms with E-state index in [-0.39, 0.29) is 36.3 Å². The van der Waals surface area contributed by atoms with E-state index in [4.69, 9.17) is 9.47 Å². The first-order chi connectivity index (χ1) is 12.0. The van der Waals surface area contributed by atoms with Crippen molar-refractivity contribution in [3.63, 3.8) is 0 Å². The number of fused-ring (bicyclic) bond motifs is 2. The summed E-state index contributed by atoms with van der Waals surface area (Å²) in [6, 6.07) is 3.84. The van der Waals surface area contributed by atoms with Crippen molar-refractivity contribution in [1.29, 1.82) is 0 Å². The van der Waals surface area contributed by atoms with E-state index in [1.165, 1.54) is 21.1 Å². The number of anilines is 1. The first-order valence-corrected chi connectivity index (χ1v) is 8.62. The minimum absolute atomic E-state index is 0. The first kappa shape index (κ1) is 20.3. The fourth-order valence-electron chi connectivity index (χ4n) is 3.83. The molecule has 1 aromatic rings. The lowest BCUT2D eigenvalue weighted by Gasteiger charge is -2.28. The van der Waals surface area contributed by atoms with Gasteiger partial charge in [-0.2, -0.15) is 0 Å². The van der Waals surface area contributed by atoms with E-state index >= 15 is 0 Å². The third-order valence-corrected chi connectivity index (χ3v) is 4.93. The molecule has 2 unspecified atom stereocenters. The number of nitrogens with one attached hydrogen (secondary N) is 2. The fourth-order valence-corrected chi connectivity index (χ4v) is 3.83. The fraction of sp³-hybridized carbons (Fsp3) is 0.556. The molecule has 2 aliphatic heterocycles. The van der Waals surface area contributed by atoms with Crippen LogP contribution >= 0.6 is 12.4 Å². The van der Waals surface area contributed by atoms with Crippen LogP contribution in [0.4, 0.5) is 5.69 Å². The number of nitrogens with zero attached hydrogens (tertiary/aromatic N) is 1. The number of amides is 2. The van der Waals surface area contributed by atoms with Crippen molar-refractivity contribution in [1.82, 2.24) is 10.2 Å². The molecule has 0 aromatic heterocycles. The average molecular weight is 384 g/mol. The van der Waals surface area contributed by atoms with Gasteiger partial charge < -0.3 is 25.0 Å². The van der Waals surface area contributed by atoms with E-state index in [1.54, 1.807) is 12.1 Å². The number of hydrogen-bond donors (Lipinski definition) is 2. The minimum Gasteiger partial charge on any atom is -0.493 e. The van der Waals surface area contributed by atoms with Crippen LogP contribution in [0.5, 0.6) is 11.5 Å². The monoisotopic (exact) mass is 383 g/mol. The van der Waals surface area contributed by atoms with E-state index in [9.17, 15) is 9.59 Å². The summed E-state index contributed by atoms with van der Waals surface area (Å²) in [5.74, 6) is 0.583. The Labute approximate surface area is 159 Å². The number of benzene rings is 1. The maximum absolute atomic E-state index is 13.2. The molecule has 0 saturated carbocycles. The highest BCUT2D eigenvalue weighted by atomic mass is 35.5. The first-order valence-electron chi connectivity index (χ1n) is 8.62. The molecular weight excluding hydrogens is 358 g/mol. The lowest BCUT2D eigenvalue weighted by atomic mass is 10.1. The average Bonchev–Trinajstić information content (AvgIpc) is 2.85. The van der Waals surface area contributed by atoms with E-state index in [0.29, 0.717) is 22.7 Å². The zero-order valence-electron chi connectivity index (χ0n) is 15.3. The van der Waals surface area contributed by atoms with Crippen molar-refractivity contribution in [3.8, 4) is 11.5 Å². The van der Waals surface area contributed by atoms with Crippen molar-refractivity contribution < 1.29 is 19.1 Å². The lowest BCUT2D eigenvalue weighted by Crippen LogP contribution is -2.42. The number of ether oxygens (including phenoxy) is 2. The van der Waals surface area contributed by atoms with Gasteiger partial charge in [0.15, 0.2) is 11.5 Å². The van der Waals surface area contributed by atoms with E-state index < -0.39 is 0 Å². The third-order valence-electron chi connectivity index (χ3n) is 4.93. The Hall–Kier alpha value is -1.99. The number of halogens is 1. The zero-order valence-corrected chi connectivity index (χ0v) is 16.1. The number of rotatable bonds is 4. The summed E-state index contributed by atoms with van der Waals surface area (Å²) in [4.78, 5) is 26.7. The summed E-state index contributed by atoms with van der Waals surface area (Å²) in [5, 5.41) is 6.12. The number of carbonyl (C=O) groups excluding carboxylic acids is 2. The van der Waals surface area contributed by atoms with Crippen molar-refractivity contribution in [2.24, 2.45) is 0 Å². The van der Waals surface area contributed by atoms with Gasteiger partial charge in [0, 0.05) is 31.1 Å². The largest absolute Gasteiger partial charge is 0.493 e. The molecule has 26 heavy (non-hydrogen) atoms. The Morgan fingerprint density at radius 2 is 1.88 bits per heavy atom. The van der Waals surface area contributed by atoms with Crippen LogP contribution in [0.1, 0.15) is 36.5 Å². The van der Waals surface area contributed by atoms with Gasteiger partial charge in [0.2, 0.25) is 5.91 Å². The van der Waals surface area contributed by atoms with Crippen LogP contribution in [-0.4, -0.2) is 56.1 Å². The summed E-state index contributed by atoms with van der Waals surface area (Å²) in [5.41, 5.74) is 0.943. The van der Waals surface area contributed by atoms with E-state index in [0.717, 1.165) is 32.4 Å². The molecule has 0 spiro atoms. The molecule has 7 nitrogen and oxygen atoms in total. The zero-order chi connectivity index (χ0) is 18.0. The second-order valence-corrected chi connectivity index (χ2v) is 6.53. The summed E-state index contributed by atoms with van der Waals surface area (Å²) in [7, 11) is 3.02. The summed E-state index contributed by atoms with van der Waals surface area (Å²) >= 11 is 0.